The van der Waals surface area contributed by atoms with Gasteiger partial charge in [0, 0.05) is 17.8 Å². The molecule has 0 saturated carbocycles. The summed E-state index contributed by atoms with van der Waals surface area (Å²) in [5, 5.41) is 4.83. The van der Waals surface area contributed by atoms with Gasteiger partial charge in [0.1, 0.15) is 6.04 Å². The second kappa shape index (κ2) is 7.23. The molecule has 0 spiro atoms. The molecule has 1 fully saturated rings. The molecule has 1 N–H and O–H groups in total. The largest absolute Gasteiger partial charge is 0.493 e. The number of methoxy groups -OCH3 is 2. The van der Waals surface area contributed by atoms with Crippen molar-refractivity contribution in [3.63, 3.8) is 0 Å². The number of carbonyl (C=O) groups is 2. The predicted molar refractivity (Wildman–Crippen MR) is 102 cm³/mol. The maximum absolute atomic E-state index is 13.2. The SMILES string of the molecule is COc1cc2c(cc1OC)C(c1cccs1)N(C(=O)C1CCC(=O)N1)CC2. The summed E-state index contributed by atoms with van der Waals surface area (Å²) in [6.07, 6.45) is 1.71. The quantitative estimate of drug-likeness (QED) is 0.877. The van der Waals surface area contributed by atoms with Crippen LogP contribution in [0.4, 0.5) is 0 Å². The number of nitrogens with zero attached hydrogens (tertiary/aromatic N) is 1. The van der Waals surface area contributed by atoms with E-state index in [1.807, 2.05) is 28.5 Å². The van der Waals surface area contributed by atoms with Crippen LogP contribution < -0.4 is 14.8 Å². The van der Waals surface area contributed by atoms with Gasteiger partial charge >= 0.3 is 0 Å². The van der Waals surface area contributed by atoms with Crippen molar-refractivity contribution in [1.82, 2.24) is 10.2 Å². The number of hydrogen-bond acceptors (Lipinski definition) is 5. The zero-order valence-corrected chi connectivity index (χ0v) is 16.2. The number of hydrogen-bond donors (Lipinski definition) is 1. The molecular weight excluding hydrogens is 364 g/mol. The van der Waals surface area contributed by atoms with Crippen molar-refractivity contribution in [1.29, 1.82) is 0 Å². The van der Waals surface area contributed by atoms with E-state index in [2.05, 4.69) is 11.4 Å². The van der Waals surface area contributed by atoms with Gasteiger partial charge in [-0.2, -0.15) is 0 Å². The van der Waals surface area contributed by atoms with E-state index in [0.717, 1.165) is 22.4 Å². The molecule has 2 atom stereocenters. The minimum Gasteiger partial charge on any atom is -0.493 e. The standard InChI is InChI=1S/C20H22N2O4S/c1-25-15-10-12-7-8-22(20(24)14-5-6-18(23)21-14)19(17-4-3-9-27-17)13(12)11-16(15)26-2/h3-4,9-11,14,19H,5-8H2,1-2H3,(H,21,23). The monoisotopic (exact) mass is 386 g/mol. The first kappa shape index (κ1) is 17.9. The van der Waals surface area contributed by atoms with E-state index in [1.54, 1.807) is 25.6 Å². The van der Waals surface area contributed by atoms with Gasteiger partial charge < -0.3 is 19.7 Å². The number of ether oxygens (including phenoxy) is 2. The molecule has 2 aromatic rings. The lowest BCUT2D eigenvalue weighted by atomic mass is 9.90. The summed E-state index contributed by atoms with van der Waals surface area (Å²) in [5.74, 6) is 1.29. The van der Waals surface area contributed by atoms with Crippen LogP contribution in [0.2, 0.25) is 0 Å². The number of nitrogens with one attached hydrogen (secondary N) is 1. The van der Waals surface area contributed by atoms with Crippen LogP contribution in [0.25, 0.3) is 0 Å². The molecule has 2 aliphatic rings. The fourth-order valence-electron chi connectivity index (χ4n) is 3.94. The first-order valence-electron chi connectivity index (χ1n) is 9.00. The molecule has 3 heterocycles. The van der Waals surface area contributed by atoms with Gasteiger partial charge in [0.15, 0.2) is 11.5 Å². The second-order valence-electron chi connectivity index (χ2n) is 6.76. The molecule has 6 nitrogen and oxygen atoms in total. The highest BCUT2D eigenvalue weighted by Gasteiger charge is 2.38. The Morgan fingerprint density at radius 3 is 2.63 bits per heavy atom. The third-order valence-electron chi connectivity index (χ3n) is 5.26. The van der Waals surface area contributed by atoms with Crippen molar-refractivity contribution in [2.24, 2.45) is 0 Å². The molecule has 4 rings (SSSR count). The first-order chi connectivity index (χ1) is 13.1. The Kier molecular flexibility index (Phi) is 4.78. The smallest absolute Gasteiger partial charge is 0.245 e. The summed E-state index contributed by atoms with van der Waals surface area (Å²) < 4.78 is 10.9. The molecular formula is C20H22N2O4S. The van der Waals surface area contributed by atoms with Crippen molar-refractivity contribution in [2.45, 2.75) is 31.3 Å². The average molecular weight is 386 g/mol. The Morgan fingerprint density at radius 1 is 1.22 bits per heavy atom. The zero-order chi connectivity index (χ0) is 19.0. The molecule has 2 aliphatic heterocycles. The predicted octanol–water partition coefficient (Wildman–Crippen LogP) is 2.52. The molecule has 2 amide bonds. The number of fused-ring (bicyclic) bond motifs is 1. The van der Waals surface area contributed by atoms with Crippen LogP contribution in [0.3, 0.4) is 0 Å². The Balaban J connectivity index is 1.76. The van der Waals surface area contributed by atoms with E-state index in [1.165, 1.54) is 0 Å². The highest BCUT2D eigenvalue weighted by atomic mass is 32.1. The van der Waals surface area contributed by atoms with Crippen molar-refractivity contribution in [2.75, 3.05) is 20.8 Å². The topological polar surface area (TPSA) is 67.9 Å². The summed E-state index contributed by atoms with van der Waals surface area (Å²) >= 11 is 1.63. The third-order valence-corrected chi connectivity index (χ3v) is 6.19. The maximum atomic E-state index is 13.2. The van der Waals surface area contributed by atoms with Crippen LogP contribution in [0.15, 0.2) is 29.6 Å². The summed E-state index contributed by atoms with van der Waals surface area (Å²) in [6.45, 7) is 0.607. The van der Waals surface area contributed by atoms with Crippen molar-refractivity contribution in [3.8, 4) is 11.5 Å². The Bertz CT molecular complexity index is 865. The van der Waals surface area contributed by atoms with Gasteiger partial charge in [-0.05, 0) is 47.5 Å². The lowest BCUT2D eigenvalue weighted by molar-refractivity contribution is -0.136. The normalized spacial score (nSPS) is 21.6. The summed E-state index contributed by atoms with van der Waals surface area (Å²) in [5.41, 5.74) is 2.21. The number of amides is 2. The number of benzene rings is 1. The molecule has 2 unspecified atom stereocenters. The fraction of sp³-hybridized carbons (Fsp3) is 0.400. The van der Waals surface area contributed by atoms with Gasteiger partial charge in [0.05, 0.1) is 20.3 Å². The molecule has 0 aliphatic carbocycles. The summed E-state index contributed by atoms with van der Waals surface area (Å²) in [7, 11) is 3.24. The van der Waals surface area contributed by atoms with Gasteiger partial charge in [0.25, 0.3) is 0 Å². The van der Waals surface area contributed by atoms with Crippen LogP contribution in [0, 0.1) is 0 Å². The van der Waals surface area contributed by atoms with Crippen LogP contribution in [0.1, 0.15) is 34.9 Å². The lowest BCUT2D eigenvalue weighted by Crippen LogP contribution is -2.48. The highest BCUT2D eigenvalue weighted by Crippen LogP contribution is 2.42. The number of thiophene rings is 1. The molecule has 27 heavy (non-hydrogen) atoms. The molecule has 0 radical (unpaired) electrons. The van der Waals surface area contributed by atoms with E-state index >= 15 is 0 Å². The number of carbonyl (C=O) groups excluding carboxylic acids is 2. The molecule has 1 aromatic heterocycles. The van der Waals surface area contributed by atoms with Gasteiger partial charge in [-0.15, -0.1) is 11.3 Å². The van der Waals surface area contributed by atoms with Crippen molar-refractivity contribution >= 4 is 23.2 Å². The molecule has 142 valence electrons. The third kappa shape index (κ3) is 3.16. The minimum atomic E-state index is -0.429. The Labute approximate surface area is 162 Å². The van der Waals surface area contributed by atoms with E-state index < -0.39 is 6.04 Å². The first-order valence-corrected chi connectivity index (χ1v) is 9.88. The molecule has 7 heteroatoms. The van der Waals surface area contributed by atoms with Gasteiger partial charge in [-0.3, -0.25) is 9.59 Å². The van der Waals surface area contributed by atoms with Crippen LogP contribution in [-0.4, -0.2) is 43.5 Å². The molecule has 1 aromatic carbocycles. The van der Waals surface area contributed by atoms with Gasteiger partial charge in [-0.1, -0.05) is 6.07 Å². The second-order valence-corrected chi connectivity index (χ2v) is 7.74. The van der Waals surface area contributed by atoms with E-state index in [9.17, 15) is 9.59 Å². The average Bonchev–Trinajstić information content (AvgIpc) is 3.37. The molecule has 0 bridgehead atoms. The lowest BCUT2D eigenvalue weighted by Gasteiger charge is -2.38. The van der Waals surface area contributed by atoms with Crippen LogP contribution >= 0.6 is 11.3 Å². The maximum Gasteiger partial charge on any atom is 0.245 e. The highest BCUT2D eigenvalue weighted by molar-refractivity contribution is 7.10. The Hall–Kier alpha value is -2.54. The number of rotatable bonds is 4. The van der Waals surface area contributed by atoms with Crippen LogP contribution in [-0.2, 0) is 16.0 Å². The Morgan fingerprint density at radius 2 is 2.00 bits per heavy atom. The fourth-order valence-corrected chi connectivity index (χ4v) is 4.79. The van der Waals surface area contributed by atoms with Crippen LogP contribution in [0.5, 0.6) is 11.5 Å². The van der Waals surface area contributed by atoms with Crippen molar-refractivity contribution in [3.05, 3.63) is 45.6 Å². The minimum absolute atomic E-state index is 0.0142. The summed E-state index contributed by atoms with van der Waals surface area (Å²) in [4.78, 5) is 27.8. The van der Waals surface area contributed by atoms with E-state index in [0.29, 0.717) is 30.9 Å². The van der Waals surface area contributed by atoms with Crippen molar-refractivity contribution < 1.29 is 19.1 Å². The van der Waals surface area contributed by atoms with E-state index in [-0.39, 0.29) is 17.9 Å². The summed E-state index contributed by atoms with van der Waals surface area (Å²) in [6, 6.07) is 7.42. The van der Waals surface area contributed by atoms with Gasteiger partial charge in [-0.25, -0.2) is 0 Å². The molecule has 1 saturated heterocycles. The van der Waals surface area contributed by atoms with Gasteiger partial charge in [0.2, 0.25) is 11.8 Å². The van der Waals surface area contributed by atoms with E-state index in [4.69, 9.17) is 9.47 Å². The zero-order valence-electron chi connectivity index (χ0n) is 15.4.